The Morgan fingerprint density at radius 1 is 1.21 bits per heavy atom. The zero-order chi connectivity index (χ0) is 14.8. The number of amides is 2. The van der Waals surface area contributed by atoms with E-state index in [1.54, 1.807) is 20.8 Å². The van der Waals surface area contributed by atoms with Crippen molar-refractivity contribution < 1.29 is 22.8 Å². The van der Waals surface area contributed by atoms with E-state index in [0.29, 0.717) is 4.90 Å². The average Bonchev–Trinajstić information content (AvgIpc) is 2.32. The fourth-order valence-corrected chi connectivity index (χ4v) is 2.44. The predicted octanol–water partition coefficient (Wildman–Crippen LogP) is 1.84. The number of nitrogens with zero attached hydrogens (tertiary/aromatic N) is 1. The Kier molecular flexibility index (Phi) is 4.47. The number of piperazine rings is 1. The number of rotatable bonds is 4. The molecule has 110 valence electrons. The normalized spacial score (nSPS) is 23.5. The van der Waals surface area contributed by atoms with Gasteiger partial charge < -0.3 is 10.2 Å². The monoisotopic (exact) mass is 280 g/mol. The van der Waals surface area contributed by atoms with Gasteiger partial charge in [0.1, 0.15) is 18.1 Å². The van der Waals surface area contributed by atoms with Gasteiger partial charge in [-0.1, -0.05) is 20.8 Å². The second-order valence-corrected chi connectivity index (χ2v) is 4.75. The van der Waals surface area contributed by atoms with Crippen LogP contribution in [-0.2, 0) is 9.59 Å². The molecule has 0 bridgehead atoms. The van der Waals surface area contributed by atoms with Crippen molar-refractivity contribution in [2.75, 3.05) is 6.54 Å². The van der Waals surface area contributed by atoms with E-state index in [2.05, 4.69) is 5.32 Å². The number of halogens is 3. The summed E-state index contributed by atoms with van der Waals surface area (Å²) in [6.45, 7) is 3.57. The zero-order valence-corrected chi connectivity index (χ0v) is 11.3. The number of hydrogen-bond donors (Lipinski definition) is 1. The summed E-state index contributed by atoms with van der Waals surface area (Å²) in [6.07, 6.45) is -3.79. The highest BCUT2D eigenvalue weighted by Gasteiger charge is 2.50. The van der Waals surface area contributed by atoms with Crippen molar-refractivity contribution in [1.29, 1.82) is 0 Å². The van der Waals surface area contributed by atoms with E-state index in [0.717, 1.165) is 0 Å². The van der Waals surface area contributed by atoms with Crippen molar-refractivity contribution in [2.24, 2.45) is 0 Å². The SMILES string of the molecule is CCC1C(=O)NC(CC)(CC)C(=O)N1CC(F)(F)F. The second-order valence-electron chi connectivity index (χ2n) is 4.75. The summed E-state index contributed by atoms with van der Waals surface area (Å²) in [5.41, 5.74) is -1.20. The van der Waals surface area contributed by atoms with Gasteiger partial charge in [0, 0.05) is 0 Å². The molecule has 2 amide bonds. The van der Waals surface area contributed by atoms with Crippen LogP contribution in [0.1, 0.15) is 40.0 Å². The molecule has 0 saturated carbocycles. The summed E-state index contributed by atoms with van der Waals surface area (Å²) in [5.74, 6) is -1.14. The highest BCUT2D eigenvalue weighted by atomic mass is 19.4. The Bertz CT molecular complexity index is 364. The van der Waals surface area contributed by atoms with Crippen molar-refractivity contribution in [3.63, 3.8) is 0 Å². The first-order valence-electron chi connectivity index (χ1n) is 6.40. The minimum atomic E-state index is -4.51. The minimum absolute atomic E-state index is 0.164. The van der Waals surface area contributed by atoms with Crippen molar-refractivity contribution in [3.8, 4) is 0 Å². The van der Waals surface area contributed by atoms with Crippen LogP contribution in [0.4, 0.5) is 13.2 Å². The molecule has 1 aliphatic heterocycles. The van der Waals surface area contributed by atoms with E-state index in [9.17, 15) is 22.8 Å². The Labute approximate surface area is 110 Å². The van der Waals surface area contributed by atoms with Gasteiger partial charge in [-0.25, -0.2) is 0 Å². The Morgan fingerprint density at radius 2 is 1.74 bits per heavy atom. The Morgan fingerprint density at radius 3 is 2.11 bits per heavy atom. The smallest absolute Gasteiger partial charge is 0.340 e. The third-order valence-corrected chi connectivity index (χ3v) is 3.66. The van der Waals surface area contributed by atoms with E-state index in [1.165, 1.54) is 0 Å². The van der Waals surface area contributed by atoms with E-state index < -0.39 is 36.1 Å². The van der Waals surface area contributed by atoms with E-state index in [1.807, 2.05) is 0 Å². The van der Waals surface area contributed by atoms with Gasteiger partial charge in [-0.05, 0) is 19.3 Å². The van der Waals surface area contributed by atoms with Crippen molar-refractivity contribution in [2.45, 2.75) is 57.8 Å². The first-order chi connectivity index (χ1) is 8.70. The number of alkyl halides is 3. The van der Waals surface area contributed by atoms with Crippen LogP contribution in [0.15, 0.2) is 0 Å². The summed E-state index contributed by atoms with van der Waals surface area (Å²) in [7, 11) is 0. The molecule has 1 unspecified atom stereocenters. The summed E-state index contributed by atoms with van der Waals surface area (Å²) < 4.78 is 37.8. The molecule has 0 aromatic rings. The molecule has 1 fully saturated rings. The molecule has 1 aliphatic rings. The molecule has 4 nitrogen and oxygen atoms in total. The van der Waals surface area contributed by atoms with Gasteiger partial charge >= 0.3 is 6.18 Å². The van der Waals surface area contributed by atoms with Crippen molar-refractivity contribution in [3.05, 3.63) is 0 Å². The van der Waals surface area contributed by atoms with Gasteiger partial charge in [0.2, 0.25) is 11.8 Å². The van der Waals surface area contributed by atoms with Crippen LogP contribution >= 0.6 is 0 Å². The first-order valence-corrected chi connectivity index (χ1v) is 6.40. The van der Waals surface area contributed by atoms with E-state index in [4.69, 9.17) is 0 Å². The van der Waals surface area contributed by atoms with Crippen molar-refractivity contribution >= 4 is 11.8 Å². The molecule has 1 N–H and O–H groups in total. The molecule has 0 aromatic heterocycles. The third kappa shape index (κ3) is 3.01. The lowest BCUT2D eigenvalue weighted by atomic mass is 9.86. The lowest BCUT2D eigenvalue weighted by Crippen LogP contribution is -2.70. The first kappa shape index (κ1) is 15.8. The van der Waals surface area contributed by atoms with Gasteiger partial charge in [-0.15, -0.1) is 0 Å². The van der Waals surface area contributed by atoms with Crippen LogP contribution in [0.2, 0.25) is 0 Å². The van der Waals surface area contributed by atoms with Crippen LogP contribution in [0.3, 0.4) is 0 Å². The number of hydrogen-bond acceptors (Lipinski definition) is 2. The van der Waals surface area contributed by atoms with Crippen LogP contribution in [0.25, 0.3) is 0 Å². The van der Waals surface area contributed by atoms with Gasteiger partial charge in [-0.3, -0.25) is 9.59 Å². The third-order valence-electron chi connectivity index (χ3n) is 3.66. The van der Waals surface area contributed by atoms with Crippen molar-refractivity contribution in [1.82, 2.24) is 10.2 Å². The summed E-state index contributed by atoms with van der Waals surface area (Å²) >= 11 is 0. The molecule has 0 aliphatic carbocycles. The molecule has 1 atom stereocenters. The van der Waals surface area contributed by atoms with Gasteiger partial charge in [0.05, 0.1) is 0 Å². The quantitative estimate of drug-likeness (QED) is 0.854. The Hall–Kier alpha value is -1.27. The molecule has 1 rings (SSSR count). The standard InChI is InChI=1S/C12H19F3N2O2/c1-4-8-9(18)16-11(5-2,6-3)10(19)17(8)7-12(13,14)15/h8H,4-7H2,1-3H3,(H,16,18). The largest absolute Gasteiger partial charge is 0.406 e. The topological polar surface area (TPSA) is 49.4 Å². The molecule has 0 aromatic carbocycles. The fourth-order valence-electron chi connectivity index (χ4n) is 2.44. The highest BCUT2D eigenvalue weighted by molar-refractivity contribution is 5.99. The average molecular weight is 280 g/mol. The lowest BCUT2D eigenvalue weighted by molar-refractivity contribution is -0.178. The second kappa shape index (κ2) is 5.38. The van der Waals surface area contributed by atoms with E-state index in [-0.39, 0.29) is 19.3 Å². The summed E-state index contributed by atoms with van der Waals surface area (Å²) in [5, 5.41) is 2.60. The lowest BCUT2D eigenvalue weighted by Gasteiger charge is -2.45. The van der Waals surface area contributed by atoms with Crippen LogP contribution < -0.4 is 5.32 Å². The summed E-state index contributed by atoms with van der Waals surface area (Å²) in [6, 6.07) is -1.04. The molecular formula is C12H19F3N2O2. The molecule has 0 radical (unpaired) electrons. The molecule has 0 spiro atoms. The number of carbonyl (C=O) groups excluding carboxylic acids is 2. The maximum atomic E-state index is 12.6. The molecule has 1 heterocycles. The summed E-state index contributed by atoms with van der Waals surface area (Å²) in [4.78, 5) is 24.9. The minimum Gasteiger partial charge on any atom is -0.340 e. The van der Waals surface area contributed by atoms with Gasteiger partial charge in [0.25, 0.3) is 0 Å². The van der Waals surface area contributed by atoms with E-state index >= 15 is 0 Å². The fraction of sp³-hybridized carbons (Fsp3) is 0.833. The maximum absolute atomic E-state index is 12.6. The molecule has 1 saturated heterocycles. The van der Waals surface area contributed by atoms with Gasteiger partial charge in [0.15, 0.2) is 0 Å². The van der Waals surface area contributed by atoms with Crippen LogP contribution in [-0.4, -0.2) is 41.0 Å². The number of carbonyl (C=O) groups is 2. The zero-order valence-electron chi connectivity index (χ0n) is 11.3. The van der Waals surface area contributed by atoms with Gasteiger partial charge in [-0.2, -0.15) is 13.2 Å². The molecule has 7 heteroatoms. The predicted molar refractivity (Wildman–Crippen MR) is 63.3 cm³/mol. The molecule has 19 heavy (non-hydrogen) atoms. The highest BCUT2D eigenvalue weighted by Crippen LogP contribution is 2.29. The van der Waals surface area contributed by atoms with Crippen LogP contribution in [0.5, 0.6) is 0 Å². The maximum Gasteiger partial charge on any atom is 0.406 e. The van der Waals surface area contributed by atoms with Crippen LogP contribution in [0, 0.1) is 0 Å². The Balaban J connectivity index is 3.13. The number of nitrogens with one attached hydrogen (secondary N) is 1. The molecular weight excluding hydrogens is 261 g/mol.